The standard InChI is InChI=1S/C19H28N2O.C10H11NO3.CH3NO/c1-15-7-8-19(17(3)11-15)18(13-20-22-4)12-16(2)14-21-9-5-6-10-21;1-7(11-6-12)8-2-4-9(5-3-8)10(13)14;2-1-3/h7-8,11-13,20H,5-6,9-10,14H2,1-4H3;2-7H,1H3,(H,11,12)(H,13,14);1H,(H2,2,3)/p+1/b16-12+,18-13+;;. The van der Waals surface area contributed by atoms with E-state index in [0.29, 0.717) is 6.41 Å². The molecule has 1 aliphatic heterocycles. The lowest BCUT2D eigenvalue weighted by Gasteiger charge is -2.15. The molecule has 1 atom stereocenters. The predicted octanol–water partition coefficient (Wildman–Crippen LogP) is 3.10. The molecule has 6 N–H and O–H groups in total. The van der Waals surface area contributed by atoms with Crippen LogP contribution in [-0.4, -0.2) is 55.5 Å². The Hall–Kier alpha value is -3.79. The normalized spacial score (nSPS) is 14.3. The lowest BCUT2D eigenvalue weighted by Crippen LogP contribution is -2.76. The Bertz CT molecular complexity index is 1110. The molecule has 2 aromatic rings. The summed E-state index contributed by atoms with van der Waals surface area (Å²) in [5.74, 6) is -0.951. The molecule has 0 saturated carbocycles. The van der Waals surface area contributed by atoms with Gasteiger partial charge in [-0.2, -0.15) is 5.48 Å². The molecule has 0 aliphatic carbocycles. The molecule has 1 heterocycles. The number of nitrogens with two attached hydrogens (primary N) is 2. The topological polar surface area (TPSA) is 139 Å². The lowest BCUT2D eigenvalue weighted by molar-refractivity contribution is -0.842. The van der Waals surface area contributed by atoms with E-state index in [9.17, 15) is 9.59 Å². The van der Waals surface area contributed by atoms with Gasteiger partial charge in [0, 0.05) is 12.1 Å². The van der Waals surface area contributed by atoms with E-state index in [4.69, 9.17) is 14.7 Å². The number of quaternary nitrogens is 1. The molecule has 0 aromatic heterocycles. The van der Waals surface area contributed by atoms with Crippen molar-refractivity contribution in [1.29, 1.82) is 0 Å². The van der Waals surface area contributed by atoms with Gasteiger partial charge in [-0.15, -0.1) is 0 Å². The van der Waals surface area contributed by atoms with Gasteiger partial charge in [0.05, 0.1) is 18.7 Å². The first kappa shape index (κ1) is 33.2. The van der Waals surface area contributed by atoms with Crippen LogP contribution in [0.2, 0.25) is 0 Å². The molecule has 0 bridgehead atoms. The minimum Gasteiger partial charge on any atom is -0.478 e. The third kappa shape index (κ3) is 12.5. The third-order valence-electron chi connectivity index (χ3n) is 6.13. The van der Waals surface area contributed by atoms with Gasteiger partial charge in [-0.05, 0) is 88.5 Å². The number of benzene rings is 2. The molecule has 0 spiro atoms. The molecule has 39 heavy (non-hydrogen) atoms. The minimum atomic E-state index is -0.951. The Labute approximate surface area is 231 Å². The fourth-order valence-corrected chi connectivity index (χ4v) is 4.21. The van der Waals surface area contributed by atoms with Crippen LogP contribution in [0.5, 0.6) is 0 Å². The van der Waals surface area contributed by atoms with Crippen molar-refractivity contribution in [3.05, 3.63) is 88.1 Å². The average Bonchev–Trinajstić information content (AvgIpc) is 3.41. The summed E-state index contributed by atoms with van der Waals surface area (Å²) in [7, 11) is 1.69. The van der Waals surface area contributed by atoms with E-state index >= 15 is 0 Å². The first-order chi connectivity index (χ1) is 18.7. The van der Waals surface area contributed by atoms with Gasteiger partial charge in [-0.3, -0.25) is 14.5 Å². The highest BCUT2D eigenvalue weighted by atomic mass is 16.6. The Morgan fingerprint density at radius 3 is 2.28 bits per heavy atom. The Morgan fingerprint density at radius 1 is 1.15 bits per heavy atom. The number of likely N-dealkylation sites (tertiary alicyclic amines) is 1. The van der Waals surface area contributed by atoms with Gasteiger partial charge in [-0.1, -0.05) is 41.5 Å². The summed E-state index contributed by atoms with van der Waals surface area (Å²) in [5, 5.41) is 11.2. The highest BCUT2D eigenvalue weighted by molar-refractivity contribution is 5.87. The number of aromatic carboxylic acids is 1. The van der Waals surface area contributed by atoms with Crippen molar-refractivity contribution in [2.75, 3.05) is 26.7 Å². The number of hydroxylamine groups is 1. The number of amides is 2. The van der Waals surface area contributed by atoms with Crippen LogP contribution in [0, 0.1) is 13.8 Å². The largest absolute Gasteiger partial charge is 0.478 e. The van der Waals surface area contributed by atoms with E-state index in [1.165, 1.54) is 65.9 Å². The van der Waals surface area contributed by atoms with E-state index in [-0.39, 0.29) is 18.0 Å². The number of carbonyl (C=O) groups is 3. The van der Waals surface area contributed by atoms with Gasteiger partial charge in [0.2, 0.25) is 12.8 Å². The molecule has 1 fully saturated rings. The van der Waals surface area contributed by atoms with Gasteiger partial charge in [0.1, 0.15) is 6.20 Å². The molecule has 3 rings (SSSR count). The molecule has 1 unspecified atom stereocenters. The third-order valence-corrected chi connectivity index (χ3v) is 6.13. The number of carboxylic acid groups (broad SMARTS) is 1. The van der Waals surface area contributed by atoms with E-state index in [0.717, 1.165) is 12.1 Å². The first-order valence-electron chi connectivity index (χ1n) is 12.9. The van der Waals surface area contributed by atoms with Crippen LogP contribution in [0.25, 0.3) is 5.57 Å². The van der Waals surface area contributed by atoms with Crippen molar-refractivity contribution in [2.45, 2.75) is 46.6 Å². The maximum absolute atomic E-state index is 10.5. The van der Waals surface area contributed by atoms with E-state index in [1.54, 1.807) is 24.7 Å². The summed E-state index contributed by atoms with van der Waals surface area (Å²) in [6.07, 6.45) is 7.90. The van der Waals surface area contributed by atoms with Crippen molar-refractivity contribution < 1.29 is 29.8 Å². The second-order valence-corrected chi connectivity index (χ2v) is 9.36. The van der Waals surface area contributed by atoms with Gasteiger partial charge < -0.3 is 16.2 Å². The maximum atomic E-state index is 10.5. The SMILES string of the molecule is CC(NC=O)c1ccc(C(=O)O)cc1.CO[NH2+]/C=C(\C=C(/C)CN1CCCC1)c1ccc(C)cc1C.NC=O. The number of nitrogens with one attached hydrogen (secondary N) is 1. The number of carboxylic acids is 1. The molecule has 9 heteroatoms. The Kier molecular flexibility index (Phi) is 15.7. The van der Waals surface area contributed by atoms with Gasteiger partial charge >= 0.3 is 5.97 Å². The number of carbonyl (C=O) groups excluding carboxylic acids is 2. The Morgan fingerprint density at radius 2 is 1.77 bits per heavy atom. The summed E-state index contributed by atoms with van der Waals surface area (Å²) in [6.45, 7) is 11.9. The molecular weight excluding hydrogens is 496 g/mol. The van der Waals surface area contributed by atoms with Crippen molar-refractivity contribution >= 4 is 24.4 Å². The van der Waals surface area contributed by atoms with Gasteiger partial charge in [0.15, 0.2) is 0 Å². The van der Waals surface area contributed by atoms with E-state index in [2.05, 4.69) is 67.2 Å². The zero-order valence-corrected chi connectivity index (χ0v) is 23.6. The van der Waals surface area contributed by atoms with E-state index < -0.39 is 5.97 Å². The minimum absolute atomic E-state index is 0.102. The van der Waals surface area contributed by atoms with E-state index in [1.807, 2.05) is 6.92 Å². The first-order valence-corrected chi connectivity index (χ1v) is 12.9. The zero-order chi connectivity index (χ0) is 29.2. The average molecular weight is 540 g/mol. The second kappa shape index (κ2) is 18.5. The van der Waals surface area contributed by atoms with Crippen LogP contribution < -0.4 is 16.5 Å². The summed E-state index contributed by atoms with van der Waals surface area (Å²) in [4.78, 5) is 36.9. The molecule has 1 saturated heterocycles. The van der Waals surface area contributed by atoms with Crippen molar-refractivity contribution in [3.63, 3.8) is 0 Å². The molecule has 9 nitrogen and oxygen atoms in total. The molecule has 212 valence electrons. The smallest absolute Gasteiger partial charge is 0.335 e. The number of hydrogen-bond acceptors (Lipinski definition) is 5. The fourth-order valence-electron chi connectivity index (χ4n) is 4.21. The molecule has 0 radical (unpaired) electrons. The fraction of sp³-hybridized carbons (Fsp3) is 0.367. The molecular formula is C30H43N4O5+. The van der Waals surface area contributed by atoms with Crippen LogP contribution >= 0.6 is 0 Å². The van der Waals surface area contributed by atoms with Crippen molar-refractivity contribution in [3.8, 4) is 0 Å². The van der Waals surface area contributed by atoms with Gasteiger partial charge in [-0.25, -0.2) is 9.63 Å². The Balaban J connectivity index is 0.000000384. The van der Waals surface area contributed by atoms with Crippen LogP contribution in [0.15, 0.2) is 60.3 Å². The lowest BCUT2D eigenvalue weighted by atomic mass is 9.97. The summed E-state index contributed by atoms with van der Waals surface area (Å²) >= 11 is 0. The monoisotopic (exact) mass is 539 g/mol. The molecule has 1 aliphatic rings. The summed E-state index contributed by atoms with van der Waals surface area (Å²) < 4.78 is 0. The highest BCUT2D eigenvalue weighted by Crippen LogP contribution is 2.22. The second-order valence-electron chi connectivity index (χ2n) is 9.36. The van der Waals surface area contributed by atoms with Crippen molar-refractivity contribution in [1.82, 2.24) is 10.2 Å². The summed E-state index contributed by atoms with van der Waals surface area (Å²) in [6, 6.07) is 12.9. The predicted molar refractivity (Wildman–Crippen MR) is 154 cm³/mol. The molecule has 2 amide bonds. The van der Waals surface area contributed by atoms with Crippen molar-refractivity contribution in [2.24, 2.45) is 5.73 Å². The van der Waals surface area contributed by atoms with Crippen LogP contribution in [0.1, 0.15) is 65.3 Å². The number of rotatable bonds is 10. The highest BCUT2D eigenvalue weighted by Gasteiger charge is 2.12. The number of aryl methyl sites for hydroxylation is 2. The van der Waals surface area contributed by atoms with Crippen LogP contribution in [-0.2, 0) is 14.4 Å². The number of primary amides is 1. The van der Waals surface area contributed by atoms with Gasteiger partial charge in [0.25, 0.3) is 0 Å². The maximum Gasteiger partial charge on any atom is 0.335 e. The number of nitrogens with zero attached hydrogens (tertiary/aromatic N) is 1. The summed E-state index contributed by atoms with van der Waals surface area (Å²) in [5.41, 5.74) is 13.5. The van der Waals surface area contributed by atoms with Crippen LogP contribution in [0.3, 0.4) is 0 Å². The quantitative estimate of drug-likeness (QED) is 0.208. The number of allylic oxidation sites excluding steroid dienone is 2. The zero-order valence-electron chi connectivity index (χ0n) is 23.6. The number of hydrogen-bond donors (Lipinski definition) is 4. The van der Waals surface area contributed by atoms with Crippen LogP contribution in [0.4, 0.5) is 0 Å². The molecule has 2 aromatic carbocycles.